The zero-order valence-electron chi connectivity index (χ0n) is 47.5. The van der Waals surface area contributed by atoms with Gasteiger partial charge < -0.3 is 60.6 Å². The fraction of sp³-hybridized carbons (Fsp3) is 0.621. The Bertz CT molecular complexity index is 2950. The number of pyridine rings is 2. The van der Waals surface area contributed by atoms with E-state index in [9.17, 15) is 68.7 Å². The van der Waals surface area contributed by atoms with E-state index in [-0.39, 0.29) is 113 Å². The number of aliphatic hydroxyl groups is 6. The Kier molecular flexibility index (Phi) is 22.7. The van der Waals surface area contributed by atoms with Gasteiger partial charge in [0.25, 0.3) is 5.56 Å². The van der Waals surface area contributed by atoms with Crippen LogP contribution in [0.15, 0.2) is 23.0 Å². The Labute approximate surface area is 474 Å². The maximum Gasteiger partial charge on any atom is 0.343 e. The Balaban J connectivity index is 0.984. The second-order valence-corrected chi connectivity index (χ2v) is 22.4. The predicted octanol–water partition coefficient (Wildman–Crippen LogP) is 1.54. The molecule has 9 N–H and O–H groups in total. The highest BCUT2D eigenvalue weighted by molar-refractivity contribution is 6.03. The molecule has 2 aromatic heterocycles. The summed E-state index contributed by atoms with van der Waals surface area (Å²) >= 11 is 0. The Morgan fingerprint density at radius 1 is 0.915 bits per heavy atom. The molecule has 5 amide bonds. The van der Waals surface area contributed by atoms with Gasteiger partial charge in [0.1, 0.15) is 43.3 Å². The molecule has 5 heterocycles. The predicted molar refractivity (Wildman–Crippen MR) is 292 cm³/mol. The van der Waals surface area contributed by atoms with Gasteiger partial charge in [-0.1, -0.05) is 41.0 Å². The number of hydrogen-bond acceptors (Lipinski definition) is 18. The Morgan fingerprint density at radius 3 is 2.30 bits per heavy atom. The molecule has 450 valence electrons. The molecule has 23 nitrogen and oxygen atoms in total. The molecule has 3 aliphatic rings. The average Bonchev–Trinajstić information content (AvgIpc) is 4.14. The van der Waals surface area contributed by atoms with Gasteiger partial charge in [-0.05, 0) is 81.0 Å². The smallest absolute Gasteiger partial charge is 0.343 e. The summed E-state index contributed by atoms with van der Waals surface area (Å²) in [5.41, 5.74) is 1.14. The van der Waals surface area contributed by atoms with Crippen molar-refractivity contribution in [1.29, 1.82) is 0 Å². The lowest BCUT2D eigenvalue weighted by Gasteiger charge is -2.31. The first-order valence-electron chi connectivity index (χ1n) is 28.3. The summed E-state index contributed by atoms with van der Waals surface area (Å²) in [5.74, 6) is -7.20. The van der Waals surface area contributed by atoms with Crippen molar-refractivity contribution in [2.45, 2.75) is 174 Å². The number of hydrogen-bond donors (Lipinski definition) is 9. The number of carbonyl (C=O) groups excluding carboxylic acids is 8. The van der Waals surface area contributed by atoms with Crippen LogP contribution in [0.25, 0.3) is 22.3 Å². The molecule has 1 saturated heterocycles. The highest BCUT2D eigenvalue weighted by atomic mass is 19.1. The molecule has 9 atom stereocenters. The number of ketones is 2. The largest absolute Gasteiger partial charge is 0.458 e. The molecule has 0 bridgehead atoms. The van der Waals surface area contributed by atoms with E-state index >= 15 is 4.39 Å². The number of likely N-dealkylation sites (tertiary alicyclic amines) is 1. The van der Waals surface area contributed by atoms with Crippen LogP contribution in [0.4, 0.5) is 4.39 Å². The lowest BCUT2D eigenvalue weighted by Crippen LogP contribution is -2.49. The minimum atomic E-state index is -1.99. The zero-order chi connectivity index (χ0) is 60.3. The summed E-state index contributed by atoms with van der Waals surface area (Å²) in [6.45, 7) is 8.67. The van der Waals surface area contributed by atoms with Crippen molar-refractivity contribution >= 4 is 58.0 Å². The average molecular weight is 1150 g/mol. The van der Waals surface area contributed by atoms with E-state index in [1.807, 2.05) is 6.07 Å². The molecule has 1 fully saturated rings. The molecule has 6 rings (SSSR count). The van der Waals surface area contributed by atoms with Crippen LogP contribution >= 0.6 is 0 Å². The van der Waals surface area contributed by atoms with E-state index < -0.39 is 108 Å². The molecular formula is C58H79FN6O17. The third-order valence-corrected chi connectivity index (χ3v) is 15.9. The Hall–Kier alpha value is -6.41. The van der Waals surface area contributed by atoms with E-state index in [0.29, 0.717) is 61.0 Å². The molecule has 0 saturated carbocycles. The van der Waals surface area contributed by atoms with Crippen molar-refractivity contribution in [3.63, 3.8) is 0 Å². The molecule has 0 radical (unpaired) electrons. The van der Waals surface area contributed by atoms with Crippen molar-refractivity contribution < 1.29 is 82.9 Å². The number of carbonyl (C=O) groups is 8. The molecule has 3 aromatic rings. The number of nitrogens with one attached hydrogen (secondary N) is 3. The van der Waals surface area contributed by atoms with Gasteiger partial charge >= 0.3 is 5.97 Å². The minimum Gasteiger partial charge on any atom is -0.458 e. The Morgan fingerprint density at radius 2 is 1.63 bits per heavy atom. The molecule has 24 heteroatoms. The summed E-state index contributed by atoms with van der Waals surface area (Å²) in [6.07, 6.45) is -5.30. The number of aromatic nitrogens is 2. The number of rotatable bonds is 32. The number of halogens is 1. The number of nitrogens with zero attached hydrogens (tertiary/aromatic N) is 3. The van der Waals surface area contributed by atoms with Crippen LogP contribution in [0.3, 0.4) is 0 Å². The SMILES string of the molecule is CC[C@@]1(O)C(=O)OCc2c1cc1n(c2=O)Cc2cc3c(CCCCOCNC(=O)[C@H](C)CC(=O)C(NC(=O)[C@H](CCC(=O)NC[C@H](O)[C@@H](O)[C@H](O)[C@H](O)CO)CC(=O)CCCCCN4C(=O)CC(C)C4=O)C(C)C)c(C)c(F)cc3nc2-1. The maximum absolute atomic E-state index is 15.5. The van der Waals surface area contributed by atoms with E-state index in [1.165, 1.54) is 15.5 Å². The van der Waals surface area contributed by atoms with Gasteiger partial charge in [-0.3, -0.25) is 43.3 Å². The van der Waals surface area contributed by atoms with Crippen molar-refractivity contribution in [3.8, 4) is 11.4 Å². The first kappa shape index (κ1) is 64.8. The summed E-state index contributed by atoms with van der Waals surface area (Å²) in [5, 5.41) is 68.7. The summed E-state index contributed by atoms with van der Waals surface area (Å²) < 4.78 is 27.9. The van der Waals surface area contributed by atoms with E-state index in [1.54, 1.807) is 47.6 Å². The third-order valence-electron chi connectivity index (χ3n) is 15.9. The molecule has 2 unspecified atom stereocenters. The van der Waals surface area contributed by atoms with E-state index in [0.717, 1.165) is 16.5 Å². The number of esters is 1. The van der Waals surface area contributed by atoms with Crippen molar-refractivity contribution in [2.24, 2.45) is 23.7 Å². The molecule has 0 spiro atoms. The van der Waals surface area contributed by atoms with Crippen molar-refractivity contribution in [3.05, 3.63) is 62.2 Å². The van der Waals surface area contributed by atoms with Crippen LogP contribution in [-0.4, -0.2) is 156 Å². The number of benzene rings is 1. The number of aryl methyl sites for hydroxylation is 1. The van der Waals surface area contributed by atoms with Gasteiger partial charge in [-0.25, -0.2) is 14.2 Å². The maximum atomic E-state index is 15.5. The topological polar surface area (TPSA) is 351 Å². The summed E-state index contributed by atoms with van der Waals surface area (Å²) in [4.78, 5) is 124. The van der Waals surface area contributed by atoms with Crippen LogP contribution in [0.1, 0.15) is 139 Å². The van der Waals surface area contributed by atoms with Crippen LogP contribution in [-0.2, 0) is 73.0 Å². The van der Waals surface area contributed by atoms with Crippen molar-refractivity contribution in [1.82, 2.24) is 30.4 Å². The second-order valence-electron chi connectivity index (χ2n) is 22.4. The van der Waals surface area contributed by atoms with Gasteiger partial charge in [0.15, 0.2) is 11.4 Å². The van der Waals surface area contributed by atoms with Gasteiger partial charge in [0.2, 0.25) is 29.5 Å². The summed E-state index contributed by atoms with van der Waals surface area (Å²) in [6, 6.07) is 3.76. The number of amides is 5. The minimum absolute atomic E-state index is 0.00566. The number of ether oxygens (including phenoxy) is 2. The van der Waals surface area contributed by atoms with Crippen LogP contribution in [0.5, 0.6) is 0 Å². The van der Waals surface area contributed by atoms with E-state index in [4.69, 9.17) is 19.6 Å². The van der Waals surface area contributed by atoms with Gasteiger partial charge in [0.05, 0.1) is 47.8 Å². The lowest BCUT2D eigenvalue weighted by molar-refractivity contribution is -0.172. The monoisotopic (exact) mass is 1150 g/mol. The van der Waals surface area contributed by atoms with Gasteiger partial charge in [-0.2, -0.15) is 0 Å². The van der Waals surface area contributed by atoms with Gasteiger partial charge in [-0.15, -0.1) is 0 Å². The zero-order valence-corrected chi connectivity index (χ0v) is 47.5. The third kappa shape index (κ3) is 15.2. The molecule has 3 aliphatic heterocycles. The first-order valence-corrected chi connectivity index (χ1v) is 28.3. The van der Waals surface area contributed by atoms with Crippen LogP contribution in [0.2, 0.25) is 0 Å². The molecule has 82 heavy (non-hydrogen) atoms. The highest BCUT2D eigenvalue weighted by Gasteiger charge is 2.46. The van der Waals surface area contributed by atoms with E-state index in [2.05, 4.69) is 16.0 Å². The quantitative estimate of drug-likeness (QED) is 0.0145. The first-order chi connectivity index (χ1) is 38.8. The van der Waals surface area contributed by atoms with Crippen LogP contribution in [0, 0.1) is 36.4 Å². The van der Waals surface area contributed by atoms with Crippen LogP contribution < -0.4 is 21.5 Å². The van der Waals surface area contributed by atoms with Crippen molar-refractivity contribution in [2.75, 3.05) is 33.0 Å². The number of cyclic esters (lactones) is 1. The number of imide groups is 1. The standard InChI is InChI=1S/C58H79FN6O17/c1-7-58(80)40-23-43-50-35(26-65(43)56(78)39(40)28-82-57(58)79)22-38-37(33(6)41(59)24-42(38)62-50)14-10-12-18-81-29-61-53(75)31(4)19-44(68)49(30(2)3)63-54(76)34(15-16-47(71)60-25-45(69)51(73)52(74)46(70)27-66)21-36(67)13-9-8-11-17-64-48(72)20-32(5)55(64)77/h22-24,30-32,34,45-46,49,51-52,66,69-70,73-74,80H,7-21,25-29H2,1-6H3,(H,60,71)(H,61,75)(H,63,76)/t31-,32?,34-,45+,46-,49?,51-,52-,58+/m1/s1. The lowest BCUT2D eigenvalue weighted by atomic mass is 9.86. The number of unbranched alkanes of at least 4 members (excludes halogenated alkanes) is 3. The second kappa shape index (κ2) is 28.7. The fourth-order valence-electron chi connectivity index (χ4n) is 10.7. The normalized spacial score (nSPS) is 19.2. The fourth-order valence-corrected chi connectivity index (χ4v) is 10.7. The number of Topliss-reactive ketones (excluding diaryl/α,β-unsaturated/α-hetero) is 2. The molecule has 1 aromatic carbocycles. The highest BCUT2D eigenvalue weighted by Crippen LogP contribution is 2.40. The number of fused-ring (bicyclic) bond motifs is 5. The molecule has 0 aliphatic carbocycles. The van der Waals surface area contributed by atoms with Gasteiger partial charge in [0, 0.05) is 92.1 Å². The summed E-state index contributed by atoms with van der Waals surface area (Å²) in [7, 11) is 0. The molecular weight excluding hydrogens is 1070 g/mol. The number of aliphatic hydroxyl groups excluding tert-OH is 5.